The van der Waals surface area contributed by atoms with Crippen LogP contribution in [-0.2, 0) is 4.79 Å². The van der Waals surface area contributed by atoms with Gasteiger partial charge in [-0.05, 0) is 47.9 Å². The Kier molecular flexibility index (Phi) is 1.99. The van der Waals surface area contributed by atoms with Crippen LogP contribution >= 0.6 is 11.3 Å². The molecule has 1 saturated carbocycles. The molecule has 1 amide bonds. The van der Waals surface area contributed by atoms with Crippen molar-refractivity contribution in [2.24, 2.45) is 5.92 Å². The number of thiophene rings is 1. The quantitative estimate of drug-likeness (QED) is 0.822. The Hall–Kier alpha value is -1.35. The molecule has 1 N–H and O–H groups in total. The second-order valence-electron chi connectivity index (χ2n) is 3.94. The van der Waals surface area contributed by atoms with Crippen LogP contribution in [0, 0.1) is 5.92 Å². The summed E-state index contributed by atoms with van der Waals surface area (Å²) in [5, 5.41) is 6.22. The number of carbonyl (C=O) groups is 1. The summed E-state index contributed by atoms with van der Waals surface area (Å²) in [6, 6.07) is 8.14. The van der Waals surface area contributed by atoms with Gasteiger partial charge in [0.05, 0.1) is 0 Å². The largest absolute Gasteiger partial charge is 0.326 e. The highest BCUT2D eigenvalue weighted by molar-refractivity contribution is 7.17. The highest BCUT2D eigenvalue weighted by Gasteiger charge is 2.29. The zero-order valence-corrected chi connectivity index (χ0v) is 9.01. The first kappa shape index (κ1) is 8.92. The van der Waals surface area contributed by atoms with Crippen LogP contribution < -0.4 is 5.32 Å². The molecule has 0 bridgehead atoms. The van der Waals surface area contributed by atoms with E-state index in [1.54, 1.807) is 11.3 Å². The third kappa shape index (κ3) is 1.75. The monoisotopic (exact) mass is 217 g/mol. The fourth-order valence-corrected chi connectivity index (χ4v) is 2.41. The normalized spacial score (nSPS) is 15.5. The minimum Gasteiger partial charge on any atom is -0.326 e. The van der Waals surface area contributed by atoms with Crippen molar-refractivity contribution in [3.8, 4) is 0 Å². The van der Waals surface area contributed by atoms with E-state index in [9.17, 15) is 4.79 Å². The van der Waals surface area contributed by atoms with Crippen molar-refractivity contribution < 1.29 is 4.79 Å². The van der Waals surface area contributed by atoms with E-state index in [2.05, 4.69) is 22.8 Å². The summed E-state index contributed by atoms with van der Waals surface area (Å²) in [5.74, 6) is 0.438. The van der Waals surface area contributed by atoms with Crippen molar-refractivity contribution in [1.82, 2.24) is 0 Å². The van der Waals surface area contributed by atoms with Gasteiger partial charge in [0, 0.05) is 16.3 Å². The number of hydrogen-bond acceptors (Lipinski definition) is 2. The molecule has 3 heteroatoms. The highest BCUT2D eigenvalue weighted by atomic mass is 32.1. The Labute approximate surface area is 91.9 Å². The number of fused-ring (bicyclic) bond motifs is 1. The predicted molar refractivity (Wildman–Crippen MR) is 63.2 cm³/mol. The van der Waals surface area contributed by atoms with Crippen molar-refractivity contribution in [3.63, 3.8) is 0 Å². The Balaban J connectivity index is 1.86. The van der Waals surface area contributed by atoms with E-state index in [1.165, 1.54) is 10.1 Å². The molecule has 1 fully saturated rings. The van der Waals surface area contributed by atoms with Gasteiger partial charge in [-0.25, -0.2) is 0 Å². The third-order valence-corrected chi connectivity index (χ3v) is 3.57. The summed E-state index contributed by atoms with van der Waals surface area (Å²) in [6.07, 6.45) is 2.10. The van der Waals surface area contributed by atoms with Gasteiger partial charge in [0.2, 0.25) is 5.91 Å². The first-order chi connectivity index (χ1) is 7.33. The van der Waals surface area contributed by atoms with Gasteiger partial charge in [-0.15, -0.1) is 11.3 Å². The van der Waals surface area contributed by atoms with Gasteiger partial charge in [0.15, 0.2) is 0 Å². The van der Waals surface area contributed by atoms with Crippen LogP contribution in [0.25, 0.3) is 10.1 Å². The lowest BCUT2D eigenvalue weighted by atomic mass is 10.2. The summed E-state index contributed by atoms with van der Waals surface area (Å²) < 4.78 is 1.26. The third-order valence-electron chi connectivity index (χ3n) is 2.67. The predicted octanol–water partition coefficient (Wildman–Crippen LogP) is 3.25. The lowest BCUT2D eigenvalue weighted by Crippen LogP contribution is -2.12. The smallest absolute Gasteiger partial charge is 0.227 e. The lowest BCUT2D eigenvalue weighted by Gasteiger charge is -2.03. The van der Waals surface area contributed by atoms with Crippen LogP contribution in [0.2, 0.25) is 0 Å². The van der Waals surface area contributed by atoms with Crippen LogP contribution in [0.5, 0.6) is 0 Å². The molecule has 15 heavy (non-hydrogen) atoms. The molecule has 76 valence electrons. The van der Waals surface area contributed by atoms with Crippen LogP contribution in [0.4, 0.5) is 5.69 Å². The van der Waals surface area contributed by atoms with Gasteiger partial charge in [0.1, 0.15) is 0 Å². The zero-order chi connectivity index (χ0) is 10.3. The van der Waals surface area contributed by atoms with E-state index in [0.29, 0.717) is 0 Å². The van der Waals surface area contributed by atoms with Gasteiger partial charge < -0.3 is 5.32 Å². The van der Waals surface area contributed by atoms with E-state index in [4.69, 9.17) is 0 Å². The molecule has 0 radical (unpaired) electrons. The van der Waals surface area contributed by atoms with E-state index in [1.807, 2.05) is 12.1 Å². The molecule has 2 nitrogen and oxygen atoms in total. The van der Waals surface area contributed by atoms with Gasteiger partial charge >= 0.3 is 0 Å². The van der Waals surface area contributed by atoms with E-state index in [0.717, 1.165) is 18.5 Å². The topological polar surface area (TPSA) is 29.1 Å². The average Bonchev–Trinajstić information content (AvgIpc) is 2.98. The average molecular weight is 217 g/mol. The number of anilines is 1. The fourth-order valence-electron chi connectivity index (χ4n) is 1.63. The molecule has 0 atom stereocenters. The minimum absolute atomic E-state index is 0.171. The van der Waals surface area contributed by atoms with Gasteiger partial charge in [0.25, 0.3) is 0 Å². The Morgan fingerprint density at radius 2 is 2.20 bits per heavy atom. The number of rotatable bonds is 2. The first-order valence-electron chi connectivity index (χ1n) is 5.11. The Morgan fingerprint density at radius 3 is 3.00 bits per heavy atom. The first-order valence-corrected chi connectivity index (χ1v) is 5.99. The second-order valence-corrected chi connectivity index (χ2v) is 4.88. The maximum atomic E-state index is 11.5. The molecule has 0 unspecified atom stereocenters. The molecule has 1 aliphatic carbocycles. The molecule has 1 aromatic heterocycles. The SMILES string of the molecule is O=C(Nc1ccc2sccc2c1)C1CC1. The van der Waals surface area contributed by atoms with Crippen LogP contribution in [0.3, 0.4) is 0 Å². The Bertz CT molecular complexity index is 513. The minimum atomic E-state index is 0.171. The number of hydrogen-bond donors (Lipinski definition) is 1. The molecule has 1 aromatic carbocycles. The summed E-state index contributed by atoms with van der Waals surface area (Å²) >= 11 is 1.72. The number of carbonyl (C=O) groups excluding carboxylic acids is 1. The van der Waals surface area contributed by atoms with Gasteiger partial charge in [-0.3, -0.25) is 4.79 Å². The maximum Gasteiger partial charge on any atom is 0.227 e. The molecular formula is C12H11NOS. The number of amides is 1. The fraction of sp³-hybridized carbons (Fsp3) is 0.250. The van der Waals surface area contributed by atoms with E-state index >= 15 is 0 Å². The second kappa shape index (κ2) is 3.35. The van der Waals surface area contributed by atoms with Crippen LogP contribution in [0.1, 0.15) is 12.8 Å². The van der Waals surface area contributed by atoms with Crippen LogP contribution in [0.15, 0.2) is 29.6 Å². The molecule has 3 rings (SSSR count). The molecule has 1 heterocycles. The summed E-state index contributed by atoms with van der Waals surface area (Å²) in [5.41, 5.74) is 0.915. The Morgan fingerprint density at radius 1 is 1.33 bits per heavy atom. The van der Waals surface area contributed by atoms with E-state index < -0.39 is 0 Å². The van der Waals surface area contributed by atoms with E-state index in [-0.39, 0.29) is 11.8 Å². The molecule has 0 saturated heterocycles. The van der Waals surface area contributed by atoms with Crippen molar-refractivity contribution in [2.45, 2.75) is 12.8 Å². The molecular weight excluding hydrogens is 206 g/mol. The number of nitrogens with one attached hydrogen (secondary N) is 1. The summed E-state index contributed by atoms with van der Waals surface area (Å²) in [6.45, 7) is 0. The van der Waals surface area contributed by atoms with Gasteiger partial charge in [-0.1, -0.05) is 0 Å². The van der Waals surface area contributed by atoms with Crippen LogP contribution in [-0.4, -0.2) is 5.91 Å². The van der Waals surface area contributed by atoms with Crippen molar-refractivity contribution in [3.05, 3.63) is 29.6 Å². The highest BCUT2D eigenvalue weighted by Crippen LogP contribution is 2.31. The number of benzene rings is 1. The lowest BCUT2D eigenvalue weighted by molar-refractivity contribution is -0.117. The summed E-state index contributed by atoms with van der Waals surface area (Å²) in [7, 11) is 0. The molecule has 0 spiro atoms. The maximum absolute atomic E-state index is 11.5. The molecule has 1 aliphatic rings. The molecule has 2 aromatic rings. The van der Waals surface area contributed by atoms with Crippen molar-refractivity contribution in [1.29, 1.82) is 0 Å². The van der Waals surface area contributed by atoms with Gasteiger partial charge in [-0.2, -0.15) is 0 Å². The van der Waals surface area contributed by atoms with Crippen molar-refractivity contribution in [2.75, 3.05) is 5.32 Å². The molecule has 0 aliphatic heterocycles. The van der Waals surface area contributed by atoms with Crippen molar-refractivity contribution >= 4 is 33.0 Å². The standard InChI is InChI=1S/C12H11NOS/c14-12(8-1-2-8)13-10-3-4-11-9(7-10)5-6-15-11/h3-8H,1-2H2,(H,13,14). The summed E-state index contributed by atoms with van der Waals surface area (Å²) in [4.78, 5) is 11.5. The zero-order valence-electron chi connectivity index (χ0n) is 8.19.